The molecule has 0 saturated heterocycles. The Kier molecular flexibility index (Phi) is 19.5. The number of aliphatic hydroxyl groups is 1. The van der Waals surface area contributed by atoms with Crippen LogP contribution in [0, 0.1) is 11.8 Å². The van der Waals surface area contributed by atoms with E-state index in [4.69, 9.17) is 11.5 Å². The molecule has 65 heavy (non-hydrogen) atoms. The molecule has 0 aliphatic carbocycles. The van der Waals surface area contributed by atoms with Crippen LogP contribution in [0.25, 0.3) is 21.8 Å². The number of H-pyrrole nitrogens is 2. The van der Waals surface area contributed by atoms with Gasteiger partial charge in [-0.3, -0.25) is 28.8 Å². The number of aromatic nitrogens is 2. The number of aliphatic hydroxyl groups excluding tert-OH is 1. The molecular formula is C46H66N10O9. The number of amides is 6. The third-order valence-electron chi connectivity index (χ3n) is 11.4. The zero-order valence-electron chi connectivity index (χ0n) is 37.7. The fourth-order valence-corrected chi connectivity index (χ4v) is 7.58. The topological polar surface area (TPSA) is 316 Å². The van der Waals surface area contributed by atoms with Crippen LogP contribution in [0.2, 0.25) is 0 Å². The number of benzene rings is 2. The van der Waals surface area contributed by atoms with E-state index in [1.165, 1.54) is 6.92 Å². The summed E-state index contributed by atoms with van der Waals surface area (Å²) in [6.07, 6.45) is 3.42. The summed E-state index contributed by atoms with van der Waals surface area (Å²) in [6.45, 7) is 8.38. The smallest absolute Gasteiger partial charge is 0.326 e. The van der Waals surface area contributed by atoms with Crippen LogP contribution in [0.3, 0.4) is 0 Å². The van der Waals surface area contributed by atoms with Gasteiger partial charge in [0.1, 0.15) is 36.3 Å². The van der Waals surface area contributed by atoms with E-state index in [2.05, 4.69) is 41.9 Å². The third-order valence-corrected chi connectivity index (χ3v) is 11.4. The molecule has 0 saturated carbocycles. The Morgan fingerprint density at radius 2 is 1.09 bits per heavy atom. The zero-order valence-corrected chi connectivity index (χ0v) is 37.7. The van der Waals surface area contributed by atoms with E-state index in [1.54, 1.807) is 19.3 Å². The highest BCUT2D eigenvalue weighted by molar-refractivity contribution is 5.98. The Labute approximate surface area is 378 Å². The number of carboxylic acid groups (broad SMARTS) is 1. The summed E-state index contributed by atoms with van der Waals surface area (Å²) in [7, 11) is 0. The Morgan fingerprint density at radius 1 is 0.615 bits per heavy atom. The maximum absolute atomic E-state index is 14.3. The van der Waals surface area contributed by atoms with Crippen LogP contribution in [0.4, 0.5) is 0 Å². The second-order valence-electron chi connectivity index (χ2n) is 17.0. The van der Waals surface area contributed by atoms with Crippen LogP contribution < -0.4 is 43.4 Å². The van der Waals surface area contributed by atoms with Crippen molar-refractivity contribution < 1.29 is 43.8 Å². The SMILES string of the molecule is CC[C@H](C)[C@H](NC(=O)[C@H](Cc1c[nH]c2ccccc12)NC(=O)[C@@H](NC(=O)[C@H](CCCCN)NC(=O)[C@H](Cc1c[nH]c2ccccc12)NC(=O)CN)[C@@H](C)O)C(=O)N[C@@H](CC(C)C)C(=O)O. The van der Waals surface area contributed by atoms with Gasteiger partial charge in [0.05, 0.1) is 12.6 Å². The molecule has 0 unspecified atom stereocenters. The number of aliphatic carboxylic acids is 1. The van der Waals surface area contributed by atoms with Gasteiger partial charge in [0.15, 0.2) is 0 Å². The van der Waals surface area contributed by atoms with Gasteiger partial charge < -0.3 is 63.5 Å². The molecule has 2 heterocycles. The van der Waals surface area contributed by atoms with Crippen LogP contribution in [-0.2, 0) is 46.4 Å². The van der Waals surface area contributed by atoms with Crippen molar-refractivity contribution in [1.82, 2.24) is 41.9 Å². The largest absolute Gasteiger partial charge is 0.480 e. The molecule has 4 rings (SSSR count). The standard InChI is InChI=1S/C46H66N10O9/c1-6-26(4)39(44(62)54-37(46(64)65)19-25(2)3)55-43(61)36(21-29-24-50-33-16-10-8-14-31(29)33)53-45(63)40(27(5)57)56-41(59)34(17-11-12-18-47)52-42(60)35(51-38(58)22-48)20-28-23-49-32-15-9-7-13-30(28)32/h7-10,13-16,23-27,34-37,39-40,49-50,57H,6,11-12,17-22,47-48H2,1-5H3,(H,51,58)(H,52,60)(H,53,63)(H,54,62)(H,55,61)(H,56,59)(H,64,65)/t26-,27+,34-,35-,36-,37-,39-,40-/m0/s1. The minimum absolute atomic E-state index is 0.0505. The zero-order chi connectivity index (χ0) is 47.8. The van der Waals surface area contributed by atoms with Crippen molar-refractivity contribution in [3.8, 4) is 0 Å². The molecule has 14 N–H and O–H groups in total. The summed E-state index contributed by atoms with van der Waals surface area (Å²) in [5.41, 5.74) is 14.3. The molecule has 2 aromatic heterocycles. The minimum Gasteiger partial charge on any atom is -0.480 e. The molecule has 0 bridgehead atoms. The lowest BCUT2D eigenvalue weighted by molar-refractivity contribution is -0.143. The van der Waals surface area contributed by atoms with E-state index < -0.39 is 96.2 Å². The lowest BCUT2D eigenvalue weighted by Crippen LogP contribution is -2.62. The first-order valence-electron chi connectivity index (χ1n) is 22.2. The Morgan fingerprint density at radius 3 is 1.60 bits per heavy atom. The van der Waals surface area contributed by atoms with Crippen LogP contribution in [-0.4, -0.2) is 117 Å². The summed E-state index contributed by atoms with van der Waals surface area (Å²) in [5, 5.41) is 38.3. The van der Waals surface area contributed by atoms with E-state index >= 15 is 0 Å². The number of para-hydroxylation sites is 2. The van der Waals surface area contributed by atoms with Crippen molar-refractivity contribution in [3.63, 3.8) is 0 Å². The molecule has 0 radical (unpaired) electrons. The Bertz CT molecular complexity index is 2260. The summed E-state index contributed by atoms with van der Waals surface area (Å²) >= 11 is 0. The van der Waals surface area contributed by atoms with E-state index in [1.807, 2.05) is 69.3 Å². The molecule has 4 aromatic rings. The number of rotatable bonds is 26. The molecule has 19 heteroatoms. The number of carbonyl (C=O) groups is 7. The van der Waals surface area contributed by atoms with Crippen molar-refractivity contribution in [2.24, 2.45) is 23.3 Å². The van der Waals surface area contributed by atoms with E-state index in [-0.39, 0.29) is 31.6 Å². The highest BCUT2D eigenvalue weighted by Gasteiger charge is 2.36. The molecule has 6 amide bonds. The van der Waals surface area contributed by atoms with E-state index in [9.17, 15) is 43.8 Å². The van der Waals surface area contributed by atoms with Crippen molar-refractivity contribution in [2.75, 3.05) is 13.1 Å². The molecule has 0 aliphatic rings. The average Bonchev–Trinajstić information content (AvgIpc) is 3.89. The van der Waals surface area contributed by atoms with Gasteiger partial charge in [-0.1, -0.05) is 70.5 Å². The fourth-order valence-electron chi connectivity index (χ4n) is 7.58. The normalized spacial score (nSPS) is 15.2. The number of hydrogen-bond acceptors (Lipinski definition) is 10. The Hall–Kier alpha value is -6.31. The van der Waals surface area contributed by atoms with Crippen molar-refractivity contribution in [1.29, 1.82) is 0 Å². The van der Waals surface area contributed by atoms with E-state index in [0.717, 1.165) is 27.4 Å². The van der Waals surface area contributed by atoms with Gasteiger partial charge in [-0.2, -0.15) is 0 Å². The third kappa shape index (κ3) is 14.6. The van der Waals surface area contributed by atoms with Gasteiger partial charge in [-0.15, -0.1) is 0 Å². The van der Waals surface area contributed by atoms with E-state index in [0.29, 0.717) is 31.4 Å². The average molecular weight is 903 g/mol. The minimum atomic E-state index is -1.64. The molecular weight excluding hydrogens is 837 g/mol. The first-order chi connectivity index (χ1) is 31.0. The Balaban J connectivity index is 1.60. The number of nitrogens with two attached hydrogens (primary N) is 2. The highest BCUT2D eigenvalue weighted by atomic mass is 16.4. The molecule has 0 spiro atoms. The second kappa shape index (κ2) is 24.7. The lowest BCUT2D eigenvalue weighted by atomic mass is 9.96. The molecule has 8 atom stereocenters. The van der Waals surface area contributed by atoms with Gasteiger partial charge in [0, 0.05) is 47.0 Å². The molecule has 0 aliphatic heterocycles. The second-order valence-corrected chi connectivity index (χ2v) is 17.0. The maximum Gasteiger partial charge on any atom is 0.326 e. The number of hydrogen-bond donors (Lipinski definition) is 12. The fraction of sp³-hybridized carbons (Fsp3) is 0.500. The van der Waals surface area contributed by atoms with Crippen molar-refractivity contribution >= 4 is 63.2 Å². The summed E-state index contributed by atoms with van der Waals surface area (Å²) in [6, 6.07) is 6.91. The number of fused-ring (bicyclic) bond motifs is 2. The molecule has 0 fully saturated rings. The van der Waals surface area contributed by atoms with Gasteiger partial charge in [-0.05, 0) is 74.2 Å². The van der Waals surface area contributed by atoms with Gasteiger partial charge >= 0.3 is 5.97 Å². The van der Waals surface area contributed by atoms with Gasteiger partial charge in [0.2, 0.25) is 35.4 Å². The van der Waals surface area contributed by atoms with Gasteiger partial charge in [0.25, 0.3) is 0 Å². The molecule has 354 valence electrons. The van der Waals surface area contributed by atoms with Gasteiger partial charge in [-0.25, -0.2) is 4.79 Å². The van der Waals surface area contributed by atoms with Crippen molar-refractivity contribution in [2.45, 2.75) is 122 Å². The van der Waals surface area contributed by atoms with Crippen LogP contribution in [0.1, 0.15) is 77.8 Å². The summed E-state index contributed by atoms with van der Waals surface area (Å²) in [5.74, 6) is -6.28. The predicted molar refractivity (Wildman–Crippen MR) is 246 cm³/mol. The predicted octanol–water partition coefficient (Wildman–Crippen LogP) is 0.989. The molecule has 19 nitrogen and oxygen atoms in total. The summed E-state index contributed by atoms with van der Waals surface area (Å²) < 4.78 is 0. The number of carboxylic acids is 1. The maximum atomic E-state index is 14.3. The first kappa shape index (κ1) is 51.3. The lowest BCUT2D eigenvalue weighted by Gasteiger charge is -2.30. The monoisotopic (exact) mass is 903 g/mol. The quantitative estimate of drug-likeness (QED) is 0.0395. The number of aromatic amines is 2. The highest BCUT2D eigenvalue weighted by Crippen LogP contribution is 2.21. The number of carbonyl (C=O) groups excluding carboxylic acids is 6. The first-order valence-corrected chi connectivity index (χ1v) is 22.2. The summed E-state index contributed by atoms with van der Waals surface area (Å²) in [4.78, 5) is 101. The van der Waals surface area contributed by atoms with Crippen LogP contribution in [0.15, 0.2) is 60.9 Å². The number of nitrogens with one attached hydrogen (secondary N) is 8. The van der Waals surface area contributed by atoms with Crippen LogP contribution >= 0.6 is 0 Å². The number of unbranched alkanes of at least 4 members (excludes halogenated alkanes) is 1. The molecule has 2 aromatic carbocycles. The van der Waals surface area contributed by atoms with Crippen LogP contribution in [0.5, 0.6) is 0 Å². The van der Waals surface area contributed by atoms with Crippen molar-refractivity contribution in [3.05, 3.63) is 72.1 Å².